The van der Waals surface area contributed by atoms with Crippen LogP contribution in [0.1, 0.15) is 30.9 Å². The first-order valence-electron chi connectivity index (χ1n) is 8.85. The fourth-order valence-corrected chi connectivity index (χ4v) is 3.70. The van der Waals surface area contributed by atoms with Gasteiger partial charge in [0.2, 0.25) is 5.91 Å². The Morgan fingerprint density at radius 1 is 1.21 bits per heavy atom. The van der Waals surface area contributed by atoms with Crippen molar-refractivity contribution in [3.8, 4) is 0 Å². The summed E-state index contributed by atoms with van der Waals surface area (Å²) in [5.74, 6) is -1.33. The molecule has 5 nitrogen and oxygen atoms in total. The predicted octanol–water partition coefficient (Wildman–Crippen LogP) is 5.28. The standard InChI is InChI=1S/C21H18ClFN2O3S/c1-12(2)14-5-3-13(4-6-14)9-18-20(27)25(21(28)29-18)11-19(26)24-15-7-8-17(23)16(22)10-15/h3-10,12H,11H2,1-2H3,(H,24,26)/b18-9+. The molecule has 1 saturated heterocycles. The summed E-state index contributed by atoms with van der Waals surface area (Å²) in [4.78, 5) is 38.1. The summed E-state index contributed by atoms with van der Waals surface area (Å²) in [6.07, 6.45) is 1.63. The SMILES string of the molecule is CC(C)c1ccc(/C=C2/SC(=O)N(CC(=O)Nc3ccc(F)c(Cl)c3)C2=O)cc1. The van der Waals surface area contributed by atoms with Gasteiger partial charge in [-0.15, -0.1) is 0 Å². The lowest BCUT2D eigenvalue weighted by molar-refractivity contribution is -0.127. The van der Waals surface area contributed by atoms with Crippen LogP contribution >= 0.6 is 23.4 Å². The Hall–Kier alpha value is -2.64. The minimum absolute atomic E-state index is 0.139. The van der Waals surface area contributed by atoms with Crippen LogP contribution < -0.4 is 5.32 Å². The lowest BCUT2D eigenvalue weighted by Gasteiger charge is -2.12. The fraction of sp³-hybridized carbons (Fsp3) is 0.190. The Balaban J connectivity index is 1.68. The first kappa shape index (κ1) is 21.1. The zero-order valence-electron chi connectivity index (χ0n) is 15.7. The minimum atomic E-state index is -0.609. The number of carbonyl (C=O) groups is 3. The van der Waals surface area contributed by atoms with Crippen molar-refractivity contribution in [2.24, 2.45) is 0 Å². The number of rotatable bonds is 5. The Bertz CT molecular complexity index is 1010. The van der Waals surface area contributed by atoms with E-state index in [9.17, 15) is 18.8 Å². The number of imide groups is 1. The molecule has 150 valence electrons. The van der Waals surface area contributed by atoms with Gasteiger partial charge in [0.15, 0.2) is 0 Å². The van der Waals surface area contributed by atoms with Crippen molar-refractivity contribution >= 4 is 52.2 Å². The Morgan fingerprint density at radius 3 is 2.52 bits per heavy atom. The van der Waals surface area contributed by atoms with Gasteiger partial charge in [0.05, 0.1) is 9.93 Å². The van der Waals surface area contributed by atoms with Crippen LogP contribution in [0.3, 0.4) is 0 Å². The van der Waals surface area contributed by atoms with Crippen molar-refractivity contribution in [2.75, 3.05) is 11.9 Å². The van der Waals surface area contributed by atoms with E-state index in [0.717, 1.165) is 28.3 Å². The number of carbonyl (C=O) groups excluding carboxylic acids is 3. The van der Waals surface area contributed by atoms with Gasteiger partial charge < -0.3 is 5.32 Å². The molecule has 1 aliphatic heterocycles. The maximum absolute atomic E-state index is 13.2. The molecule has 8 heteroatoms. The molecule has 0 spiro atoms. The van der Waals surface area contributed by atoms with Crippen LogP contribution in [-0.4, -0.2) is 28.5 Å². The summed E-state index contributed by atoms with van der Waals surface area (Å²) < 4.78 is 13.2. The largest absolute Gasteiger partial charge is 0.324 e. The molecular formula is C21H18ClFN2O3S. The average molecular weight is 433 g/mol. The zero-order valence-corrected chi connectivity index (χ0v) is 17.3. The summed E-state index contributed by atoms with van der Waals surface area (Å²) in [5, 5.41) is 1.83. The highest BCUT2D eigenvalue weighted by Gasteiger charge is 2.36. The van der Waals surface area contributed by atoms with Crippen molar-refractivity contribution in [3.63, 3.8) is 0 Å². The van der Waals surface area contributed by atoms with Crippen LogP contribution in [0.2, 0.25) is 5.02 Å². The molecule has 0 bridgehead atoms. The van der Waals surface area contributed by atoms with Gasteiger partial charge >= 0.3 is 0 Å². The second-order valence-electron chi connectivity index (χ2n) is 6.77. The summed E-state index contributed by atoms with van der Waals surface area (Å²) >= 11 is 6.47. The lowest BCUT2D eigenvalue weighted by Crippen LogP contribution is -2.36. The van der Waals surface area contributed by atoms with E-state index >= 15 is 0 Å². The molecule has 0 radical (unpaired) electrons. The molecule has 3 amide bonds. The van der Waals surface area contributed by atoms with Crippen molar-refractivity contribution in [1.29, 1.82) is 0 Å². The normalized spacial score (nSPS) is 15.5. The molecule has 1 N–H and O–H groups in total. The summed E-state index contributed by atoms with van der Waals surface area (Å²) in [5.41, 5.74) is 2.24. The van der Waals surface area contributed by atoms with E-state index in [1.165, 1.54) is 17.7 Å². The molecule has 1 fully saturated rings. The maximum atomic E-state index is 13.2. The first-order chi connectivity index (χ1) is 13.7. The molecule has 3 rings (SSSR count). The van der Waals surface area contributed by atoms with E-state index < -0.39 is 29.4 Å². The number of benzene rings is 2. The first-order valence-corrected chi connectivity index (χ1v) is 10.0. The van der Waals surface area contributed by atoms with Gasteiger partial charge in [-0.2, -0.15) is 0 Å². The molecule has 0 saturated carbocycles. The maximum Gasteiger partial charge on any atom is 0.294 e. The van der Waals surface area contributed by atoms with Crippen LogP contribution in [-0.2, 0) is 9.59 Å². The van der Waals surface area contributed by atoms with E-state index in [-0.39, 0.29) is 15.6 Å². The summed E-state index contributed by atoms with van der Waals surface area (Å²) in [7, 11) is 0. The number of halogens is 2. The summed E-state index contributed by atoms with van der Waals surface area (Å²) in [6, 6.07) is 11.4. The minimum Gasteiger partial charge on any atom is -0.324 e. The fourth-order valence-electron chi connectivity index (χ4n) is 2.68. The quantitative estimate of drug-likeness (QED) is 0.653. The third kappa shape index (κ3) is 5.05. The average Bonchev–Trinajstić information content (AvgIpc) is 2.92. The molecular weight excluding hydrogens is 415 g/mol. The topological polar surface area (TPSA) is 66.5 Å². The molecule has 2 aromatic carbocycles. The van der Waals surface area contributed by atoms with Crippen LogP contribution in [0.4, 0.5) is 14.9 Å². The van der Waals surface area contributed by atoms with E-state index in [0.29, 0.717) is 5.92 Å². The number of anilines is 1. The predicted molar refractivity (Wildman–Crippen MR) is 113 cm³/mol. The molecule has 1 heterocycles. The molecule has 0 aromatic heterocycles. The number of hydrogen-bond acceptors (Lipinski definition) is 4. The van der Waals surface area contributed by atoms with E-state index in [2.05, 4.69) is 19.2 Å². The van der Waals surface area contributed by atoms with Gasteiger partial charge in [-0.25, -0.2) is 4.39 Å². The summed E-state index contributed by atoms with van der Waals surface area (Å²) in [6.45, 7) is 3.74. The molecule has 2 aromatic rings. The number of amides is 3. The Labute approximate surface area is 176 Å². The lowest BCUT2D eigenvalue weighted by atomic mass is 10.0. The number of hydrogen-bond donors (Lipinski definition) is 1. The van der Waals surface area contributed by atoms with E-state index in [1.54, 1.807) is 6.08 Å². The van der Waals surface area contributed by atoms with Crippen LogP contribution in [0.15, 0.2) is 47.4 Å². The second-order valence-corrected chi connectivity index (χ2v) is 8.17. The van der Waals surface area contributed by atoms with Crippen LogP contribution in [0.25, 0.3) is 6.08 Å². The number of nitrogens with zero attached hydrogens (tertiary/aromatic N) is 1. The van der Waals surface area contributed by atoms with Gasteiger partial charge in [-0.05, 0) is 53.1 Å². The van der Waals surface area contributed by atoms with Gasteiger partial charge in [0.25, 0.3) is 11.1 Å². The molecule has 0 unspecified atom stereocenters. The molecule has 0 aliphatic carbocycles. The zero-order chi connectivity index (χ0) is 21.1. The Kier molecular flexibility index (Phi) is 6.39. The van der Waals surface area contributed by atoms with Crippen molar-refractivity contribution in [3.05, 3.63) is 69.3 Å². The van der Waals surface area contributed by atoms with Crippen LogP contribution in [0.5, 0.6) is 0 Å². The van der Waals surface area contributed by atoms with E-state index in [1.807, 2.05) is 24.3 Å². The molecule has 1 aliphatic rings. The van der Waals surface area contributed by atoms with Gasteiger partial charge in [-0.1, -0.05) is 49.7 Å². The highest BCUT2D eigenvalue weighted by atomic mass is 35.5. The number of nitrogens with one attached hydrogen (secondary N) is 1. The van der Waals surface area contributed by atoms with Gasteiger partial charge in [-0.3, -0.25) is 19.3 Å². The van der Waals surface area contributed by atoms with Crippen molar-refractivity contribution in [2.45, 2.75) is 19.8 Å². The van der Waals surface area contributed by atoms with Gasteiger partial charge in [0, 0.05) is 5.69 Å². The molecule has 0 atom stereocenters. The van der Waals surface area contributed by atoms with Gasteiger partial charge in [0.1, 0.15) is 12.4 Å². The third-order valence-corrected chi connectivity index (χ3v) is 5.48. The van der Waals surface area contributed by atoms with E-state index in [4.69, 9.17) is 11.6 Å². The Morgan fingerprint density at radius 2 is 1.90 bits per heavy atom. The number of thioether (sulfide) groups is 1. The third-order valence-electron chi connectivity index (χ3n) is 4.28. The highest BCUT2D eigenvalue weighted by Crippen LogP contribution is 2.32. The monoisotopic (exact) mass is 432 g/mol. The van der Waals surface area contributed by atoms with Crippen molar-refractivity contribution in [1.82, 2.24) is 4.90 Å². The van der Waals surface area contributed by atoms with Crippen molar-refractivity contribution < 1.29 is 18.8 Å². The second kappa shape index (κ2) is 8.80. The van der Waals surface area contributed by atoms with Crippen LogP contribution in [0, 0.1) is 5.82 Å². The smallest absolute Gasteiger partial charge is 0.294 e. The highest BCUT2D eigenvalue weighted by molar-refractivity contribution is 8.18. The molecule has 29 heavy (non-hydrogen) atoms.